The normalized spacial score (nSPS) is 8.00. The van der Waals surface area contributed by atoms with Gasteiger partial charge in [0, 0.05) is 24.8 Å². The molecule has 0 fully saturated rings. The molecule has 0 N–H and O–H groups in total. The van der Waals surface area contributed by atoms with Crippen molar-refractivity contribution in [3.8, 4) is 0 Å². The first-order valence-electron chi connectivity index (χ1n) is 5.17. The third kappa shape index (κ3) is 8.57. The summed E-state index contributed by atoms with van der Waals surface area (Å²) in [7, 11) is 0. The van der Waals surface area contributed by atoms with Crippen molar-refractivity contribution in [1.29, 1.82) is 0 Å². The second-order valence-electron chi connectivity index (χ2n) is 2.84. The van der Waals surface area contributed by atoms with Crippen LogP contribution in [0.4, 0.5) is 0 Å². The molecular formula is C14H14N2O. The molecule has 3 aromatic rings. The van der Waals surface area contributed by atoms with Crippen molar-refractivity contribution >= 4 is 0 Å². The fourth-order valence-corrected chi connectivity index (χ4v) is 0.852. The van der Waals surface area contributed by atoms with Gasteiger partial charge in [0.2, 0.25) is 0 Å². The van der Waals surface area contributed by atoms with Crippen LogP contribution >= 0.6 is 0 Å². The quantitative estimate of drug-likeness (QED) is 0.589. The van der Waals surface area contributed by atoms with Crippen LogP contribution in [0.5, 0.6) is 0 Å². The summed E-state index contributed by atoms with van der Waals surface area (Å²) in [6.07, 6.45) is 10.2. The Morgan fingerprint density at radius 2 is 0.882 bits per heavy atom. The topological polar surface area (TPSA) is 38.9 Å². The Labute approximate surface area is 101 Å². The van der Waals surface area contributed by atoms with Crippen molar-refractivity contribution < 1.29 is 4.42 Å². The van der Waals surface area contributed by atoms with Gasteiger partial charge in [0.05, 0.1) is 12.5 Å². The molecule has 3 heteroatoms. The Hall–Kier alpha value is -2.42. The van der Waals surface area contributed by atoms with E-state index in [1.54, 1.807) is 37.3 Å². The predicted octanol–water partition coefficient (Wildman–Crippen LogP) is 3.44. The monoisotopic (exact) mass is 226 g/mol. The van der Waals surface area contributed by atoms with Crippen molar-refractivity contribution in [2.45, 2.75) is 0 Å². The molecule has 0 bridgehead atoms. The SMILES string of the molecule is c1ccncc1.c1ccncc1.c1ccoc1. The van der Waals surface area contributed by atoms with E-state index in [1.165, 1.54) is 0 Å². The zero-order chi connectivity index (χ0) is 12.0. The van der Waals surface area contributed by atoms with Crippen molar-refractivity contribution in [2.24, 2.45) is 0 Å². The summed E-state index contributed by atoms with van der Waals surface area (Å²) in [5.41, 5.74) is 0. The van der Waals surface area contributed by atoms with E-state index in [1.807, 2.05) is 48.5 Å². The van der Waals surface area contributed by atoms with Gasteiger partial charge in [0.25, 0.3) is 0 Å². The maximum absolute atomic E-state index is 4.58. The molecule has 0 amide bonds. The van der Waals surface area contributed by atoms with Crippen molar-refractivity contribution in [3.05, 3.63) is 85.8 Å². The molecule has 0 aliphatic rings. The van der Waals surface area contributed by atoms with Crippen LogP contribution in [0.15, 0.2) is 90.3 Å². The van der Waals surface area contributed by atoms with Gasteiger partial charge in [0.15, 0.2) is 0 Å². The lowest BCUT2D eigenvalue weighted by Crippen LogP contribution is -1.58. The number of furan rings is 1. The molecule has 0 saturated carbocycles. The highest BCUT2D eigenvalue weighted by atomic mass is 16.3. The van der Waals surface area contributed by atoms with Gasteiger partial charge < -0.3 is 4.42 Å². The molecule has 0 saturated heterocycles. The van der Waals surface area contributed by atoms with Crippen LogP contribution in [0.25, 0.3) is 0 Å². The molecule has 3 rings (SSSR count). The third-order valence-electron chi connectivity index (χ3n) is 1.56. The molecule has 86 valence electrons. The van der Waals surface area contributed by atoms with Crippen molar-refractivity contribution in [3.63, 3.8) is 0 Å². The van der Waals surface area contributed by atoms with Crippen LogP contribution in [0, 0.1) is 0 Å². The van der Waals surface area contributed by atoms with Crippen LogP contribution < -0.4 is 0 Å². The van der Waals surface area contributed by atoms with Crippen LogP contribution in [-0.4, -0.2) is 9.97 Å². The molecule has 0 aromatic carbocycles. The largest absolute Gasteiger partial charge is 0.473 e. The number of pyridine rings is 2. The second kappa shape index (κ2) is 10.1. The van der Waals surface area contributed by atoms with Crippen LogP contribution in [0.3, 0.4) is 0 Å². The molecule has 3 heterocycles. The number of nitrogens with zero attached hydrogens (tertiary/aromatic N) is 2. The van der Waals surface area contributed by atoms with Gasteiger partial charge in [-0.2, -0.15) is 0 Å². The smallest absolute Gasteiger partial charge is 0.0902 e. The van der Waals surface area contributed by atoms with E-state index in [2.05, 4.69) is 14.4 Å². The van der Waals surface area contributed by atoms with Crippen LogP contribution in [0.1, 0.15) is 0 Å². The minimum atomic E-state index is 1.62. The number of hydrogen-bond donors (Lipinski definition) is 0. The number of hydrogen-bond acceptors (Lipinski definition) is 3. The van der Waals surface area contributed by atoms with E-state index in [0.29, 0.717) is 0 Å². The Bertz CT molecular complexity index is 324. The lowest BCUT2D eigenvalue weighted by Gasteiger charge is -1.70. The second-order valence-corrected chi connectivity index (χ2v) is 2.84. The molecular weight excluding hydrogens is 212 g/mol. The van der Waals surface area contributed by atoms with Gasteiger partial charge in [-0.1, -0.05) is 12.1 Å². The summed E-state index contributed by atoms with van der Waals surface area (Å²) < 4.78 is 4.58. The molecule has 3 nitrogen and oxygen atoms in total. The average Bonchev–Trinajstić information content (AvgIpc) is 3.03. The maximum atomic E-state index is 4.58. The first-order valence-corrected chi connectivity index (χ1v) is 5.17. The fraction of sp³-hybridized carbons (Fsp3) is 0. The molecule has 0 radical (unpaired) electrons. The Balaban J connectivity index is 0.000000128. The minimum Gasteiger partial charge on any atom is -0.473 e. The third-order valence-corrected chi connectivity index (χ3v) is 1.56. The van der Waals surface area contributed by atoms with Gasteiger partial charge in [0.1, 0.15) is 0 Å². The van der Waals surface area contributed by atoms with E-state index in [9.17, 15) is 0 Å². The van der Waals surface area contributed by atoms with Crippen molar-refractivity contribution in [1.82, 2.24) is 9.97 Å². The van der Waals surface area contributed by atoms with Crippen LogP contribution in [-0.2, 0) is 0 Å². The highest BCUT2D eigenvalue weighted by Gasteiger charge is 1.59. The zero-order valence-corrected chi connectivity index (χ0v) is 9.39. The molecule has 0 aliphatic heterocycles. The summed E-state index contributed by atoms with van der Waals surface area (Å²) in [4.78, 5) is 7.57. The molecule has 0 unspecified atom stereocenters. The summed E-state index contributed by atoms with van der Waals surface area (Å²) in [6.45, 7) is 0. The van der Waals surface area contributed by atoms with Gasteiger partial charge in [-0.25, -0.2) is 0 Å². The summed E-state index contributed by atoms with van der Waals surface area (Å²) in [6, 6.07) is 15.1. The fourth-order valence-electron chi connectivity index (χ4n) is 0.852. The molecule has 0 aliphatic carbocycles. The zero-order valence-electron chi connectivity index (χ0n) is 9.39. The Morgan fingerprint density at radius 3 is 1.00 bits per heavy atom. The van der Waals surface area contributed by atoms with Crippen molar-refractivity contribution in [2.75, 3.05) is 0 Å². The summed E-state index contributed by atoms with van der Waals surface area (Å²) >= 11 is 0. The van der Waals surface area contributed by atoms with E-state index in [4.69, 9.17) is 0 Å². The highest BCUT2D eigenvalue weighted by molar-refractivity contribution is 4.88. The molecule has 17 heavy (non-hydrogen) atoms. The van der Waals surface area contributed by atoms with E-state index in [0.717, 1.165) is 0 Å². The van der Waals surface area contributed by atoms with Gasteiger partial charge in [-0.3, -0.25) is 9.97 Å². The molecule has 0 spiro atoms. The lowest BCUT2D eigenvalue weighted by atomic mass is 10.5. The molecule has 3 aromatic heterocycles. The standard InChI is InChI=1S/2C5H5N.C4H4O/c2*1-2-4-6-5-3-1;1-2-4-5-3-1/h2*1-5H;1-4H. The highest BCUT2D eigenvalue weighted by Crippen LogP contribution is 1.79. The summed E-state index contributed by atoms with van der Waals surface area (Å²) in [5, 5.41) is 0. The van der Waals surface area contributed by atoms with Gasteiger partial charge in [-0.15, -0.1) is 0 Å². The van der Waals surface area contributed by atoms with E-state index < -0.39 is 0 Å². The average molecular weight is 226 g/mol. The Morgan fingerprint density at radius 1 is 0.471 bits per heavy atom. The van der Waals surface area contributed by atoms with Crippen LogP contribution in [0.2, 0.25) is 0 Å². The van der Waals surface area contributed by atoms with E-state index >= 15 is 0 Å². The lowest BCUT2D eigenvalue weighted by molar-refractivity contribution is 0.567. The first kappa shape index (κ1) is 12.6. The van der Waals surface area contributed by atoms with Gasteiger partial charge in [-0.05, 0) is 36.4 Å². The molecule has 0 atom stereocenters. The minimum absolute atomic E-state index is 1.62. The Kier molecular flexibility index (Phi) is 7.52. The summed E-state index contributed by atoms with van der Waals surface area (Å²) in [5.74, 6) is 0. The number of rotatable bonds is 0. The first-order chi connectivity index (χ1) is 8.50. The van der Waals surface area contributed by atoms with Gasteiger partial charge >= 0.3 is 0 Å². The van der Waals surface area contributed by atoms with E-state index in [-0.39, 0.29) is 0 Å². The predicted molar refractivity (Wildman–Crippen MR) is 67.2 cm³/mol. The maximum Gasteiger partial charge on any atom is 0.0902 e. The number of aromatic nitrogens is 2.